The maximum Gasteiger partial charge on any atom is 0.195 e. The molecular formula is C21H28N2O. The number of hydrogen-bond donors (Lipinski definition) is 2. The van der Waals surface area contributed by atoms with Gasteiger partial charge in [0.2, 0.25) is 0 Å². The summed E-state index contributed by atoms with van der Waals surface area (Å²) in [6.45, 7) is 8.32. The molecule has 0 bridgehead atoms. The standard InChI is InChI=1S/C21H28N2O/c1-5-13-11-9-10-12-17(13)21(24)18-15(7-3)14(6-2)16(8-4)19(22)20(18)23/h9-12H,5-8,22-23H2,1-4H3. The second kappa shape index (κ2) is 7.52. The average Bonchev–Trinajstić information content (AvgIpc) is 2.62. The Morgan fingerprint density at radius 1 is 0.792 bits per heavy atom. The van der Waals surface area contributed by atoms with Crippen LogP contribution in [-0.2, 0) is 25.7 Å². The van der Waals surface area contributed by atoms with Crippen LogP contribution < -0.4 is 11.5 Å². The van der Waals surface area contributed by atoms with Gasteiger partial charge in [-0.2, -0.15) is 0 Å². The van der Waals surface area contributed by atoms with Crippen molar-refractivity contribution in [2.24, 2.45) is 0 Å². The number of carbonyl (C=O) groups is 1. The third-order valence-electron chi connectivity index (χ3n) is 4.85. The van der Waals surface area contributed by atoms with Crippen LogP contribution in [0.2, 0.25) is 0 Å². The molecule has 0 aromatic heterocycles. The SMILES string of the molecule is CCc1ccccc1C(=O)c1c(N)c(N)c(CC)c(CC)c1CC. The second-order valence-corrected chi connectivity index (χ2v) is 6.04. The lowest BCUT2D eigenvalue weighted by Gasteiger charge is -2.22. The number of hydrogen-bond acceptors (Lipinski definition) is 3. The first-order chi connectivity index (χ1) is 11.5. The van der Waals surface area contributed by atoms with Crippen molar-refractivity contribution in [2.45, 2.75) is 53.4 Å². The van der Waals surface area contributed by atoms with E-state index in [1.54, 1.807) is 0 Å². The molecule has 3 heteroatoms. The number of benzene rings is 2. The molecule has 2 aromatic rings. The van der Waals surface area contributed by atoms with Crippen LogP contribution in [0.3, 0.4) is 0 Å². The maximum atomic E-state index is 13.3. The number of aryl methyl sites for hydroxylation is 1. The van der Waals surface area contributed by atoms with E-state index in [1.165, 1.54) is 5.56 Å². The van der Waals surface area contributed by atoms with Crippen molar-refractivity contribution in [3.8, 4) is 0 Å². The minimum atomic E-state index is -0.00847. The van der Waals surface area contributed by atoms with Crippen molar-refractivity contribution in [1.82, 2.24) is 0 Å². The van der Waals surface area contributed by atoms with E-state index >= 15 is 0 Å². The molecule has 0 unspecified atom stereocenters. The van der Waals surface area contributed by atoms with Crippen molar-refractivity contribution >= 4 is 17.2 Å². The minimum Gasteiger partial charge on any atom is -0.397 e. The van der Waals surface area contributed by atoms with Gasteiger partial charge in [-0.1, -0.05) is 52.0 Å². The van der Waals surface area contributed by atoms with Gasteiger partial charge in [0.15, 0.2) is 5.78 Å². The zero-order valence-electron chi connectivity index (χ0n) is 15.2. The monoisotopic (exact) mass is 324 g/mol. The van der Waals surface area contributed by atoms with Gasteiger partial charge in [-0.05, 0) is 47.9 Å². The van der Waals surface area contributed by atoms with Gasteiger partial charge < -0.3 is 11.5 Å². The third-order valence-corrected chi connectivity index (χ3v) is 4.85. The molecule has 0 amide bonds. The third kappa shape index (κ3) is 2.91. The first-order valence-corrected chi connectivity index (χ1v) is 8.85. The van der Waals surface area contributed by atoms with Gasteiger partial charge >= 0.3 is 0 Å². The summed E-state index contributed by atoms with van der Waals surface area (Å²) < 4.78 is 0. The Bertz CT molecular complexity index is 763. The van der Waals surface area contributed by atoms with Crippen molar-refractivity contribution in [1.29, 1.82) is 0 Å². The Kier molecular flexibility index (Phi) is 5.66. The maximum absolute atomic E-state index is 13.3. The molecule has 0 heterocycles. The second-order valence-electron chi connectivity index (χ2n) is 6.04. The number of rotatable bonds is 6. The van der Waals surface area contributed by atoms with Gasteiger partial charge in [-0.15, -0.1) is 0 Å². The van der Waals surface area contributed by atoms with E-state index in [1.807, 2.05) is 24.3 Å². The van der Waals surface area contributed by atoms with E-state index < -0.39 is 0 Å². The van der Waals surface area contributed by atoms with Gasteiger partial charge in [-0.25, -0.2) is 0 Å². The van der Waals surface area contributed by atoms with Crippen LogP contribution >= 0.6 is 0 Å². The Labute approximate surface area is 145 Å². The smallest absolute Gasteiger partial charge is 0.195 e. The largest absolute Gasteiger partial charge is 0.397 e. The molecule has 2 rings (SSSR count). The lowest BCUT2D eigenvalue weighted by molar-refractivity contribution is 0.103. The van der Waals surface area contributed by atoms with Crippen molar-refractivity contribution < 1.29 is 4.79 Å². The highest BCUT2D eigenvalue weighted by molar-refractivity contribution is 6.15. The van der Waals surface area contributed by atoms with E-state index in [0.29, 0.717) is 16.9 Å². The van der Waals surface area contributed by atoms with Gasteiger partial charge in [0.1, 0.15) is 0 Å². The summed E-state index contributed by atoms with van der Waals surface area (Å²) in [5.74, 6) is -0.00847. The average molecular weight is 324 g/mol. The molecule has 128 valence electrons. The normalized spacial score (nSPS) is 10.8. The summed E-state index contributed by atoms with van der Waals surface area (Å²) in [7, 11) is 0. The first kappa shape index (κ1) is 18.1. The number of nitrogen functional groups attached to an aromatic ring is 2. The topological polar surface area (TPSA) is 69.1 Å². The zero-order chi connectivity index (χ0) is 17.9. The molecule has 2 aromatic carbocycles. The Balaban J connectivity index is 2.78. The highest BCUT2D eigenvalue weighted by Gasteiger charge is 2.24. The van der Waals surface area contributed by atoms with E-state index in [-0.39, 0.29) is 5.78 Å². The Morgan fingerprint density at radius 2 is 1.38 bits per heavy atom. The molecule has 0 radical (unpaired) electrons. The summed E-state index contributed by atoms with van der Waals surface area (Å²) in [4.78, 5) is 13.3. The van der Waals surface area contributed by atoms with Crippen LogP contribution in [0.5, 0.6) is 0 Å². The predicted molar refractivity (Wildman–Crippen MR) is 103 cm³/mol. The van der Waals surface area contributed by atoms with Crippen molar-refractivity contribution in [2.75, 3.05) is 11.5 Å². The molecule has 3 nitrogen and oxygen atoms in total. The van der Waals surface area contributed by atoms with Crippen molar-refractivity contribution in [3.63, 3.8) is 0 Å². The summed E-state index contributed by atoms with van der Waals surface area (Å²) in [5, 5.41) is 0. The first-order valence-electron chi connectivity index (χ1n) is 8.85. The molecule has 4 N–H and O–H groups in total. The van der Waals surface area contributed by atoms with Crippen LogP contribution in [0, 0.1) is 0 Å². The highest BCUT2D eigenvalue weighted by atomic mass is 16.1. The molecule has 0 fully saturated rings. The lowest BCUT2D eigenvalue weighted by Crippen LogP contribution is -2.17. The summed E-state index contributed by atoms with van der Waals surface area (Å²) in [6, 6.07) is 7.75. The van der Waals surface area contributed by atoms with Crippen molar-refractivity contribution in [3.05, 3.63) is 57.6 Å². The van der Waals surface area contributed by atoms with Gasteiger partial charge in [0.05, 0.1) is 16.9 Å². The fourth-order valence-corrected chi connectivity index (χ4v) is 3.62. The Hall–Kier alpha value is -2.29. The lowest BCUT2D eigenvalue weighted by atomic mass is 9.84. The van der Waals surface area contributed by atoms with Crippen LogP contribution in [0.25, 0.3) is 0 Å². The van der Waals surface area contributed by atoms with Gasteiger partial charge in [0.25, 0.3) is 0 Å². The molecule has 0 aliphatic carbocycles. The molecule has 0 saturated heterocycles. The predicted octanol–water partition coefficient (Wildman–Crippen LogP) is 4.33. The van der Waals surface area contributed by atoms with Crippen LogP contribution in [0.4, 0.5) is 11.4 Å². The van der Waals surface area contributed by atoms with E-state index in [9.17, 15) is 4.79 Å². The van der Waals surface area contributed by atoms with Crippen LogP contribution in [0.15, 0.2) is 24.3 Å². The molecular weight excluding hydrogens is 296 g/mol. The van der Waals surface area contributed by atoms with E-state index in [2.05, 4.69) is 27.7 Å². The molecule has 0 aliphatic heterocycles. The number of ketones is 1. The molecule has 0 spiro atoms. The molecule has 24 heavy (non-hydrogen) atoms. The fourth-order valence-electron chi connectivity index (χ4n) is 3.62. The molecule has 0 atom stereocenters. The van der Waals surface area contributed by atoms with Gasteiger partial charge in [-0.3, -0.25) is 4.79 Å². The summed E-state index contributed by atoms with van der Waals surface area (Å²) in [5.41, 5.74) is 19.4. The molecule has 0 saturated carbocycles. The fraction of sp³-hybridized carbons (Fsp3) is 0.381. The summed E-state index contributed by atoms with van der Waals surface area (Å²) >= 11 is 0. The number of nitrogens with two attached hydrogens (primary N) is 2. The summed E-state index contributed by atoms with van der Waals surface area (Å²) in [6.07, 6.45) is 3.27. The number of anilines is 2. The zero-order valence-corrected chi connectivity index (χ0v) is 15.2. The van der Waals surface area contributed by atoms with E-state index in [0.717, 1.165) is 47.9 Å². The van der Waals surface area contributed by atoms with Gasteiger partial charge in [0, 0.05) is 5.56 Å². The van der Waals surface area contributed by atoms with Crippen LogP contribution in [-0.4, -0.2) is 5.78 Å². The highest BCUT2D eigenvalue weighted by Crippen LogP contribution is 2.35. The van der Waals surface area contributed by atoms with Crippen LogP contribution in [0.1, 0.15) is 65.9 Å². The number of carbonyl (C=O) groups excluding carboxylic acids is 1. The molecule has 0 aliphatic rings. The van der Waals surface area contributed by atoms with E-state index in [4.69, 9.17) is 11.5 Å². The quantitative estimate of drug-likeness (QED) is 0.614. The minimum absolute atomic E-state index is 0.00847. The Morgan fingerprint density at radius 3 is 1.92 bits per heavy atom.